The van der Waals surface area contributed by atoms with Gasteiger partial charge in [-0.2, -0.15) is 0 Å². The first-order valence-corrected chi connectivity index (χ1v) is 6.42. The first-order chi connectivity index (χ1) is 10.0. The van der Waals surface area contributed by atoms with E-state index in [1.807, 2.05) is 0 Å². The molecular formula is C13H10BrNO6. The van der Waals surface area contributed by atoms with Crippen LogP contribution in [0.5, 0.6) is 11.5 Å². The highest BCUT2D eigenvalue weighted by Gasteiger charge is 2.23. The molecule has 0 amide bonds. The molecule has 0 atom stereocenters. The van der Waals surface area contributed by atoms with Gasteiger partial charge in [-0.1, -0.05) is 5.16 Å². The van der Waals surface area contributed by atoms with Crippen molar-refractivity contribution in [1.29, 1.82) is 0 Å². The number of carboxylic acid groups (broad SMARTS) is 1. The second-order valence-electron chi connectivity index (χ2n) is 3.89. The average Bonchev–Trinajstić information content (AvgIpc) is 2.95. The van der Waals surface area contributed by atoms with E-state index in [4.69, 9.17) is 19.1 Å². The van der Waals surface area contributed by atoms with Gasteiger partial charge in [0.1, 0.15) is 0 Å². The summed E-state index contributed by atoms with van der Waals surface area (Å²) in [4.78, 5) is 22.0. The number of nitrogens with zero attached hydrogens (tertiary/aromatic N) is 1. The zero-order chi connectivity index (χ0) is 15.6. The number of aldehydes is 1. The van der Waals surface area contributed by atoms with Crippen molar-refractivity contribution in [2.45, 2.75) is 0 Å². The number of rotatable bonds is 5. The smallest absolute Gasteiger partial charge is 0.358 e. The molecule has 0 spiro atoms. The lowest BCUT2D eigenvalue weighted by atomic mass is 10.1. The molecule has 0 saturated heterocycles. The van der Waals surface area contributed by atoms with Crippen molar-refractivity contribution in [1.82, 2.24) is 5.16 Å². The van der Waals surface area contributed by atoms with Crippen LogP contribution in [0.15, 0.2) is 21.1 Å². The number of carbonyl (C=O) groups is 2. The van der Waals surface area contributed by atoms with Gasteiger partial charge in [-0.3, -0.25) is 4.79 Å². The molecule has 21 heavy (non-hydrogen) atoms. The molecule has 0 aliphatic rings. The number of aromatic carboxylic acids is 1. The molecule has 1 aromatic heterocycles. The van der Waals surface area contributed by atoms with Crippen LogP contribution in [0.1, 0.15) is 20.8 Å². The fourth-order valence-corrected chi connectivity index (χ4v) is 2.33. The second-order valence-corrected chi connectivity index (χ2v) is 4.74. The molecule has 1 aromatic carbocycles. The molecule has 0 aliphatic carbocycles. The number of hydrogen-bond acceptors (Lipinski definition) is 6. The van der Waals surface area contributed by atoms with Gasteiger partial charge in [0.2, 0.25) is 0 Å². The maximum atomic E-state index is 11.1. The van der Waals surface area contributed by atoms with Gasteiger partial charge in [-0.05, 0) is 22.0 Å². The van der Waals surface area contributed by atoms with Crippen molar-refractivity contribution in [3.63, 3.8) is 0 Å². The second kappa shape index (κ2) is 5.96. The van der Waals surface area contributed by atoms with E-state index in [0.717, 1.165) is 0 Å². The zero-order valence-electron chi connectivity index (χ0n) is 11.0. The fourth-order valence-electron chi connectivity index (χ4n) is 1.82. The van der Waals surface area contributed by atoms with Crippen molar-refractivity contribution in [3.8, 4) is 22.8 Å². The van der Waals surface area contributed by atoms with Gasteiger partial charge in [0.25, 0.3) is 0 Å². The van der Waals surface area contributed by atoms with Gasteiger partial charge >= 0.3 is 5.97 Å². The van der Waals surface area contributed by atoms with E-state index in [2.05, 4.69) is 21.1 Å². The standard InChI is InChI=1S/C13H10BrNO6/c1-19-11-6(10-4-9(13(17)18)15-21-10)3-8(14)7(5-16)12(11)20-2/h3-5H,1-2H3,(H,17,18). The molecule has 2 aromatic rings. The van der Waals surface area contributed by atoms with E-state index < -0.39 is 5.97 Å². The first kappa shape index (κ1) is 15.0. The van der Waals surface area contributed by atoms with E-state index in [1.165, 1.54) is 20.3 Å². The number of ether oxygens (including phenoxy) is 2. The first-order valence-electron chi connectivity index (χ1n) is 5.63. The third kappa shape index (κ3) is 2.62. The van der Waals surface area contributed by atoms with Crippen molar-refractivity contribution in [3.05, 3.63) is 27.9 Å². The third-order valence-corrected chi connectivity index (χ3v) is 3.40. The molecule has 0 aliphatic heterocycles. The maximum absolute atomic E-state index is 11.1. The summed E-state index contributed by atoms with van der Waals surface area (Å²) in [6.45, 7) is 0. The predicted molar refractivity (Wildman–Crippen MR) is 75.1 cm³/mol. The molecule has 0 bridgehead atoms. The van der Waals surface area contributed by atoms with Gasteiger partial charge in [0, 0.05) is 10.5 Å². The summed E-state index contributed by atoms with van der Waals surface area (Å²) >= 11 is 3.25. The average molecular weight is 356 g/mol. The minimum Gasteiger partial charge on any atom is -0.492 e. The Balaban J connectivity index is 2.70. The number of hydrogen-bond donors (Lipinski definition) is 1. The lowest BCUT2D eigenvalue weighted by Gasteiger charge is -2.14. The van der Waals surface area contributed by atoms with E-state index >= 15 is 0 Å². The van der Waals surface area contributed by atoms with E-state index in [0.29, 0.717) is 16.3 Å². The molecule has 1 N–H and O–H groups in total. The molecule has 2 rings (SSSR count). The SMILES string of the molecule is COc1c(-c2cc(C(=O)O)no2)cc(Br)c(C=O)c1OC. The Bertz CT molecular complexity index is 709. The number of aromatic nitrogens is 1. The maximum Gasteiger partial charge on any atom is 0.358 e. The highest BCUT2D eigenvalue weighted by molar-refractivity contribution is 9.10. The molecule has 0 radical (unpaired) electrons. The monoisotopic (exact) mass is 355 g/mol. The number of carboxylic acids is 1. The van der Waals surface area contributed by atoms with Crippen LogP contribution in [0.25, 0.3) is 11.3 Å². The summed E-state index contributed by atoms with van der Waals surface area (Å²) in [6.07, 6.45) is 0.623. The summed E-state index contributed by atoms with van der Waals surface area (Å²) in [5.41, 5.74) is 0.449. The van der Waals surface area contributed by atoms with Gasteiger partial charge < -0.3 is 19.1 Å². The lowest BCUT2D eigenvalue weighted by Crippen LogP contribution is -1.98. The number of benzene rings is 1. The van der Waals surface area contributed by atoms with Crippen LogP contribution >= 0.6 is 15.9 Å². The van der Waals surface area contributed by atoms with Crippen molar-refractivity contribution in [2.24, 2.45) is 0 Å². The van der Waals surface area contributed by atoms with Crippen molar-refractivity contribution in [2.75, 3.05) is 14.2 Å². The number of carbonyl (C=O) groups excluding carboxylic acids is 1. The van der Waals surface area contributed by atoms with Crippen molar-refractivity contribution >= 4 is 28.2 Å². The van der Waals surface area contributed by atoms with Crippen LogP contribution in [0.4, 0.5) is 0 Å². The zero-order valence-corrected chi connectivity index (χ0v) is 12.6. The van der Waals surface area contributed by atoms with Crippen LogP contribution < -0.4 is 9.47 Å². The highest BCUT2D eigenvalue weighted by atomic mass is 79.9. The summed E-state index contributed by atoms with van der Waals surface area (Å²) < 4.78 is 15.9. The van der Waals surface area contributed by atoms with Gasteiger partial charge in [-0.25, -0.2) is 4.79 Å². The number of halogens is 1. The largest absolute Gasteiger partial charge is 0.492 e. The minimum atomic E-state index is -1.21. The molecular weight excluding hydrogens is 346 g/mol. The minimum absolute atomic E-state index is 0.181. The topological polar surface area (TPSA) is 98.9 Å². The van der Waals surface area contributed by atoms with Crippen LogP contribution in [-0.2, 0) is 0 Å². The van der Waals surface area contributed by atoms with Crippen molar-refractivity contribution < 1.29 is 28.7 Å². The summed E-state index contributed by atoms with van der Waals surface area (Å²) in [6, 6.07) is 2.82. The van der Waals surface area contributed by atoms with Gasteiger partial charge in [0.15, 0.2) is 29.2 Å². The Morgan fingerprint density at radius 2 is 2.00 bits per heavy atom. The number of methoxy groups -OCH3 is 2. The van der Waals surface area contributed by atoms with E-state index in [-0.39, 0.29) is 28.5 Å². The van der Waals surface area contributed by atoms with Crippen LogP contribution in [0.2, 0.25) is 0 Å². The molecule has 0 fully saturated rings. The van der Waals surface area contributed by atoms with E-state index in [1.54, 1.807) is 6.07 Å². The Morgan fingerprint density at radius 3 is 2.48 bits per heavy atom. The predicted octanol–water partition coefficient (Wildman–Crippen LogP) is 2.63. The van der Waals surface area contributed by atoms with Crippen LogP contribution in [-0.4, -0.2) is 36.7 Å². The lowest BCUT2D eigenvalue weighted by molar-refractivity contribution is 0.0685. The molecule has 0 unspecified atom stereocenters. The fraction of sp³-hybridized carbons (Fsp3) is 0.154. The quantitative estimate of drug-likeness (QED) is 0.822. The molecule has 8 heteroatoms. The van der Waals surface area contributed by atoms with E-state index in [9.17, 15) is 9.59 Å². The summed E-state index contributed by atoms with van der Waals surface area (Å²) in [5.74, 6) is -0.568. The Kier molecular flexibility index (Phi) is 4.27. The van der Waals surface area contributed by atoms with Crippen LogP contribution in [0, 0.1) is 0 Å². The normalized spacial score (nSPS) is 10.2. The molecule has 110 valence electrons. The Morgan fingerprint density at radius 1 is 1.33 bits per heavy atom. The highest BCUT2D eigenvalue weighted by Crippen LogP contribution is 2.43. The molecule has 0 saturated carbocycles. The van der Waals surface area contributed by atoms with Crippen LogP contribution in [0.3, 0.4) is 0 Å². The molecule has 1 heterocycles. The summed E-state index contributed by atoms with van der Waals surface area (Å²) in [5, 5.41) is 12.3. The summed E-state index contributed by atoms with van der Waals surface area (Å²) in [7, 11) is 2.79. The van der Waals surface area contributed by atoms with Gasteiger partial charge in [0.05, 0.1) is 25.3 Å². The third-order valence-electron chi connectivity index (χ3n) is 2.74. The Hall–Kier alpha value is -2.35. The Labute approximate surface area is 127 Å². The molecule has 7 nitrogen and oxygen atoms in total. The van der Waals surface area contributed by atoms with Gasteiger partial charge in [-0.15, -0.1) is 0 Å².